The average Bonchev–Trinajstić information content (AvgIpc) is 2.64. The zero-order chi connectivity index (χ0) is 19.1. The van der Waals surface area contributed by atoms with Gasteiger partial charge in [0.1, 0.15) is 5.75 Å². The van der Waals surface area contributed by atoms with E-state index in [1.54, 1.807) is 18.2 Å². The van der Waals surface area contributed by atoms with Crippen molar-refractivity contribution in [3.8, 4) is 5.75 Å². The Bertz CT molecular complexity index is 841. The number of fused-ring (bicyclic) bond motifs is 1. The van der Waals surface area contributed by atoms with Crippen LogP contribution in [0.4, 0.5) is 13.2 Å². The Morgan fingerprint density at radius 3 is 2.37 bits per heavy atom. The molecule has 0 saturated carbocycles. The van der Waals surface area contributed by atoms with Crippen LogP contribution in [-0.2, 0) is 12.7 Å². The van der Waals surface area contributed by atoms with Gasteiger partial charge in [-0.2, -0.15) is 13.2 Å². The van der Waals surface area contributed by atoms with E-state index in [-0.39, 0.29) is 5.91 Å². The number of piperidine rings is 1. The number of hydrogen-bond acceptors (Lipinski definition) is 3. The van der Waals surface area contributed by atoms with Gasteiger partial charge in [0.15, 0.2) is 5.72 Å². The lowest BCUT2D eigenvalue weighted by Gasteiger charge is -2.44. The van der Waals surface area contributed by atoms with Crippen LogP contribution in [0.5, 0.6) is 5.75 Å². The van der Waals surface area contributed by atoms with Gasteiger partial charge >= 0.3 is 6.18 Å². The molecular weight excluding hydrogens is 357 g/mol. The number of alkyl halides is 3. The van der Waals surface area contributed by atoms with Crippen molar-refractivity contribution in [2.24, 2.45) is 0 Å². The smallest absolute Gasteiger partial charge is 0.416 e. The number of amides is 1. The van der Waals surface area contributed by atoms with E-state index >= 15 is 0 Å². The van der Waals surface area contributed by atoms with E-state index in [1.165, 1.54) is 12.1 Å². The van der Waals surface area contributed by atoms with Crippen LogP contribution in [0.3, 0.4) is 0 Å². The van der Waals surface area contributed by atoms with Crippen LogP contribution in [0.2, 0.25) is 0 Å². The summed E-state index contributed by atoms with van der Waals surface area (Å²) in [4.78, 5) is 14.5. The molecule has 1 spiro atoms. The van der Waals surface area contributed by atoms with Gasteiger partial charge in [0.25, 0.3) is 5.91 Å². The molecule has 0 atom stereocenters. The first-order valence-corrected chi connectivity index (χ1v) is 8.84. The molecule has 7 heteroatoms. The molecule has 27 heavy (non-hydrogen) atoms. The number of nitrogens with one attached hydrogen (secondary N) is 1. The lowest BCUT2D eigenvalue weighted by molar-refractivity contribution is -0.137. The minimum Gasteiger partial charge on any atom is -0.467 e. The predicted octanol–water partition coefficient (Wildman–Crippen LogP) is 3.82. The topological polar surface area (TPSA) is 41.6 Å². The molecule has 1 N–H and O–H groups in total. The summed E-state index contributed by atoms with van der Waals surface area (Å²) < 4.78 is 44.1. The first kappa shape index (κ1) is 17.9. The fourth-order valence-corrected chi connectivity index (χ4v) is 3.61. The van der Waals surface area contributed by atoms with Gasteiger partial charge in [-0.25, -0.2) is 0 Å². The predicted molar refractivity (Wildman–Crippen MR) is 93.2 cm³/mol. The molecule has 2 heterocycles. The highest BCUT2D eigenvalue weighted by molar-refractivity contribution is 5.98. The van der Waals surface area contributed by atoms with Crippen molar-refractivity contribution in [1.82, 2.24) is 10.2 Å². The summed E-state index contributed by atoms with van der Waals surface area (Å²) in [7, 11) is 0. The molecule has 1 saturated heterocycles. The SMILES string of the molecule is O=C1NC2(CCN(Cc3ccc(C(F)(F)F)cc3)CC2)Oc2ccccc21. The summed E-state index contributed by atoms with van der Waals surface area (Å²) in [5.74, 6) is 0.463. The number of ether oxygens (including phenoxy) is 1. The van der Waals surface area contributed by atoms with Gasteiger partial charge in [0.2, 0.25) is 0 Å². The zero-order valence-corrected chi connectivity index (χ0v) is 14.6. The maximum atomic E-state index is 12.7. The number of likely N-dealkylation sites (tertiary alicyclic amines) is 1. The highest BCUT2D eigenvalue weighted by Gasteiger charge is 2.42. The third-order valence-corrected chi connectivity index (χ3v) is 5.13. The summed E-state index contributed by atoms with van der Waals surface area (Å²) >= 11 is 0. The maximum Gasteiger partial charge on any atom is 0.416 e. The molecule has 2 aliphatic heterocycles. The Morgan fingerprint density at radius 2 is 1.70 bits per heavy atom. The quantitative estimate of drug-likeness (QED) is 0.867. The van der Waals surface area contributed by atoms with Crippen LogP contribution >= 0.6 is 0 Å². The normalized spacial score (nSPS) is 19.3. The van der Waals surface area contributed by atoms with Gasteiger partial charge in [-0.15, -0.1) is 0 Å². The lowest BCUT2D eigenvalue weighted by Crippen LogP contribution is -2.60. The second kappa shape index (κ2) is 6.56. The first-order valence-electron chi connectivity index (χ1n) is 8.84. The standard InChI is InChI=1S/C20H19F3N2O2/c21-20(22,23)15-7-5-14(6-8-15)13-25-11-9-19(10-12-25)24-18(26)16-3-1-2-4-17(16)27-19/h1-8H,9-13H2,(H,24,26). The van der Waals surface area contributed by atoms with E-state index in [2.05, 4.69) is 10.2 Å². The molecule has 1 amide bonds. The number of rotatable bonds is 2. The summed E-state index contributed by atoms with van der Waals surface area (Å²) in [5, 5.41) is 2.98. The number of hydrogen-bond donors (Lipinski definition) is 1. The van der Waals surface area contributed by atoms with E-state index in [0.29, 0.717) is 43.8 Å². The zero-order valence-electron chi connectivity index (χ0n) is 14.6. The minimum atomic E-state index is -4.32. The number of nitrogens with zero attached hydrogens (tertiary/aromatic N) is 1. The van der Waals surface area contributed by atoms with Gasteiger partial charge in [0, 0.05) is 32.5 Å². The Balaban J connectivity index is 1.39. The highest BCUT2D eigenvalue weighted by Crippen LogP contribution is 2.34. The number of para-hydroxylation sites is 1. The summed E-state index contributed by atoms with van der Waals surface area (Å²) in [6.07, 6.45) is -3.08. The van der Waals surface area contributed by atoms with Crippen molar-refractivity contribution in [1.29, 1.82) is 0 Å². The van der Waals surface area contributed by atoms with Crippen LogP contribution in [-0.4, -0.2) is 29.6 Å². The van der Waals surface area contributed by atoms with Crippen molar-refractivity contribution in [3.05, 3.63) is 65.2 Å². The Labute approximate surface area is 154 Å². The van der Waals surface area contributed by atoms with E-state index in [9.17, 15) is 18.0 Å². The molecule has 142 valence electrons. The minimum absolute atomic E-state index is 0.131. The maximum absolute atomic E-state index is 12.7. The summed E-state index contributed by atoms with van der Waals surface area (Å²) in [5.41, 5.74) is 0.0243. The van der Waals surface area contributed by atoms with Crippen molar-refractivity contribution in [2.45, 2.75) is 31.3 Å². The first-order chi connectivity index (χ1) is 12.8. The lowest BCUT2D eigenvalue weighted by atomic mass is 9.96. The second-order valence-corrected chi connectivity index (χ2v) is 7.02. The number of halogens is 3. The number of benzene rings is 2. The van der Waals surface area contributed by atoms with E-state index in [1.807, 2.05) is 6.07 Å². The summed E-state index contributed by atoms with van der Waals surface area (Å²) in [6.45, 7) is 1.94. The van der Waals surface area contributed by atoms with Crippen molar-refractivity contribution in [3.63, 3.8) is 0 Å². The Kier molecular flexibility index (Phi) is 4.34. The fraction of sp³-hybridized carbons (Fsp3) is 0.350. The molecule has 2 aromatic rings. The van der Waals surface area contributed by atoms with Crippen molar-refractivity contribution >= 4 is 5.91 Å². The number of carbonyl (C=O) groups excluding carboxylic acids is 1. The molecule has 4 nitrogen and oxygen atoms in total. The van der Waals surface area contributed by atoms with Gasteiger partial charge in [0.05, 0.1) is 11.1 Å². The Hall–Kier alpha value is -2.54. The molecule has 4 rings (SSSR count). The van der Waals surface area contributed by atoms with Gasteiger partial charge in [-0.1, -0.05) is 24.3 Å². The van der Waals surface area contributed by atoms with Crippen LogP contribution in [0, 0.1) is 0 Å². The summed E-state index contributed by atoms with van der Waals surface area (Å²) in [6, 6.07) is 12.4. The monoisotopic (exact) mass is 376 g/mol. The molecule has 2 aliphatic rings. The molecule has 0 aliphatic carbocycles. The van der Waals surface area contributed by atoms with Crippen LogP contribution in [0.15, 0.2) is 48.5 Å². The van der Waals surface area contributed by atoms with Crippen molar-refractivity contribution in [2.75, 3.05) is 13.1 Å². The van der Waals surface area contributed by atoms with Gasteiger partial charge in [-0.05, 0) is 29.8 Å². The van der Waals surface area contributed by atoms with Crippen molar-refractivity contribution < 1.29 is 22.7 Å². The molecule has 2 aromatic carbocycles. The molecule has 1 fully saturated rings. The average molecular weight is 376 g/mol. The molecule has 0 aromatic heterocycles. The van der Waals surface area contributed by atoms with Gasteiger partial charge in [-0.3, -0.25) is 9.69 Å². The molecule has 0 unspecified atom stereocenters. The highest BCUT2D eigenvalue weighted by atomic mass is 19.4. The second-order valence-electron chi connectivity index (χ2n) is 7.02. The third-order valence-electron chi connectivity index (χ3n) is 5.13. The van der Waals surface area contributed by atoms with Crippen LogP contribution < -0.4 is 10.1 Å². The molecule has 0 bridgehead atoms. The largest absolute Gasteiger partial charge is 0.467 e. The molecular formula is C20H19F3N2O2. The third kappa shape index (κ3) is 3.64. The van der Waals surface area contributed by atoms with Gasteiger partial charge < -0.3 is 10.1 Å². The van der Waals surface area contributed by atoms with E-state index in [0.717, 1.165) is 17.7 Å². The van der Waals surface area contributed by atoms with E-state index in [4.69, 9.17) is 4.74 Å². The van der Waals surface area contributed by atoms with E-state index < -0.39 is 17.5 Å². The fourth-order valence-electron chi connectivity index (χ4n) is 3.61. The number of carbonyl (C=O) groups is 1. The van der Waals surface area contributed by atoms with Crippen LogP contribution in [0.25, 0.3) is 0 Å². The molecule has 0 radical (unpaired) electrons. The Morgan fingerprint density at radius 1 is 1.04 bits per heavy atom. The van der Waals surface area contributed by atoms with Crippen LogP contribution in [0.1, 0.15) is 34.3 Å².